The summed E-state index contributed by atoms with van der Waals surface area (Å²) in [7, 11) is 0. The lowest BCUT2D eigenvalue weighted by atomic mass is 9.78. The number of morpholine rings is 1. The van der Waals surface area contributed by atoms with Gasteiger partial charge in [0.2, 0.25) is 5.91 Å². The smallest absolute Gasteiger partial charge is 0.236 e. The van der Waals surface area contributed by atoms with Crippen molar-refractivity contribution in [1.29, 1.82) is 0 Å². The molecule has 0 spiro atoms. The van der Waals surface area contributed by atoms with Gasteiger partial charge in [0.1, 0.15) is 0 Å². The number of nitrogens with zero attached hydrogens (tertiary/aromatic N) is 1. The number of amides is 1. The minimum atomic E-state index is 0.233. The van der Waals surface area contributed by atoms with Crippen molar-refractivity contribution in [3.05, 3.63) is 0 Å². The number of nitrogens with one attached hydrogen (secondary N) is 1. The second kappa shape index (κ2) is 7.25. The third-order valence-electron chi connectivity index (χ3n) is 4.55. The highest BCUT2D eigenvalue weighted by atomic mass is 16.5. The van der Waals surface area contributed by atoms with Crippen molar-refractivity contribution < 1.29 is 9.53 Å². The standard InChI is InChI=1S/C15H28N2O2/c1-12(2)13-5-3-4-6-14(13)16-11-15(18)17-7-9-19-10-8-17/h12-14,16H,3-11H2,1-2H3. The summed E-state index contributed by atoms with van der Waals surface area (Å²) in [5.74, 6) is 1.67. The van der Waals surface area contributed by atoms with Gasteiger partial charge in [-0.05, 0) is 24.7 Å². The third kappa shape index (κ3) is 4.18. The van der Waals surface area contributed by atoms with Gasteiger partial charge in [-0.25, -0.2) is 0 Å². The molecule has 110 valence electrons. The van der Waals surface area contributed by atoms with Crippen LogP contribution in [0.25, 0.3) is 0 Å². The molecule has 2 unspecified atom stereocenters. The zero-order valence-corrected chi connectivity index (χ0v) is 12.4. The van der Waals surface area contributed by atoms with Crippen LogP contribution < -0.4 is 5.32 Å². The van der Waals surface area contributed by atoms with Crippen LogP contribution >= 0.6 is 0 Å². The van der Waals surface area contributed by atoms with Gasteiger partial charge in [0.15, 0.2) is 0 Å². The van der Waals surface area contributed by atoms with Crippen LogP contribution in [0.1, 0.15) is 39.5 Å². The Balaban J connectivity index is 1.77. The topological polar surface area (TPSA) is 41.6 Å². The molecule has 1 amide bonds. The van der Waals surface area contributed by atoms with E-state index in [1.165, 1.54) is 25.7 Å². The van der Waals surface area contributed by atoms with Crippen LogP contribution in [-0.4, -0.2) is 49.7 Å². The van der Waals surface area contributed by atoms with Crippen LogP contribution in [0, 0.1) is 11.8 Å². The fourth-order valence-corrected chi connectivity index (χ4v) is 3.35. The monoisotopic (exact) mass is 268 g/mol. The second-order valence-corrected chi connectivity index (χ2v) is 6.17. The molecular weight excluding hydrogens is 240 g/mol. The second-order valence-electron chi connectivity index (χ2n) is 6.17. The Kier molecular flexibility index (Phi) is 5.64. The maximum absolute atomic E-state index is 12.1. The Bertz CT molecular complexity index is 288. The van der Waals surface area contributed by atoms with E-state index in [0.29, 0.717) is 31.7 Å². The van der Waals surface area contributed by atoms with Gasteiger partial charge in [0.25, 0.3) is 0 Å². The van der Waals surface area contributed by atoms with Crippen LogP contribution in [-0.2, 0) is 9.53 Å². The van der Waals surface area contributed by atoms with Crippen molar-refractivity contribution in [1.82, 2.24) is 10.2 Å². The molecule has 0 aromatic rings. The molecule has 1 heterocycles. The van der Waals surface area contributed by atoms with Gasteiger partial charge in [-0.2, -0.15) is 0 Å². The van der Waals surface area contributed by atoms with E-state index in [-0.39, 0.29) is 5.91 Å². The van der Waals surface area contributed by atoms with E-state index in [1.807, 2.05) is 4.90 Å². The number of carbonyl (C=O) groups excluding carboxylic acids is 1. The zero-order valence-electron chi connectivity index (χ0n) is 12.4. The van der Waals surface area contributed by atoms with E-state index in [0.717, 1.165) is 19.0 Å². The number of hydrogen-bond acceptors (Lipinski definition) is 3. The molecule has 4 nitrogen and oxygen atoms in total. The average molecular weight is 268 g/mol. The lowest BCUT2D eigenvalue weighted by Crippen LogP contribution is -2.49. The average Bonchev–Trinajstić information content (AvgIpc) is 2.46. The van der Waals surface area contributed by atoms with Crippen LogP contribution in [0.15, 0.2) is 0 Å². The zero-order chi connectivity index (χ0) is 13.7. The van der Waals surface area contributed by atoms with E-state index in [1.54, 1.807) is 0 Å². The summed E-state index contributed by atoms with van der Waals surface area (Å²) in [6.45, 7) is 7.96. The van der Waals surface area contributed by atoms with Crippen LogP contribution in [0.4, 0.5) is 0 Å². The first-order chi connectivity index (χ1) is 9.18. The maximum atomic E-state index is 12.1. The molecule has 1 aliphatic carbocycles. The summed E-state index contributed by atoms with van der Waals surface area (Å²) in [4.78, 5) is 14.0. The van der Waals surface area contributed by atoms with E-state index in [2.05, 4.69) is 19.2 Å². The number of carbonyl (C=O) groups is 1. The highest BCUT2D eigenvalue weighted by molar-refractivity contribution is 5.78. The first-order valence-electron chi connectivity index (χ1n) is 7.77. The molecule has 0 aromatic heterocycles. The Morgan fingerprint density at radius 1 is 1.26 bits per heavy atom. The summed E-state index contributed by atoms with van der Waals surface area (Å²) in [6.07, 6.45) is 5.17. The summed E-state index contributed by atoms with van der Waals surface area (Å²) in [6, 6.07) is 0.527. The number of hydrogen-bond donors (Lipinski definition) is 1. The van der Waals surface area contributed by atoms with Gasteiger partial charge in [-0.3, -0.25) is 4.79 Å². The largest absolute Gasteiger partial charge is 0.378 e. The van der Waals surface area contributed by atoms with Crippen molar-refractivity contribution in [3.8, 4) is 0 Å². The van der Waals surface area contributed by atoms with Gasteiger partial charge in [-0.15, -0.1) is 0 Å². The lowest BCUT2D eigenvalue weighted by Gasteiger charge is -2.35. The van der Waals surface area contributed by atoms with Gasteiger partial charge >= 0.3 is 0 Å². The van der Waals surface area contributed by atoms with E-state index < -0.39 is 0 Å². The summed E-state index contributed by atoms with van der Waals surface area (Å²) in [5, 5.41) is 3.52. The SMILES string of the molecule is CC(C)C1CCCCC1NCC(=O)N1CCOCC1. The summed E-state index contributed by atoms with van der Waals surface area (Å²) >= 11 is 0. The van der Waals surface area contributed by atoms with E-state index in [9.17, 15) is 4.79 Å². The quantitative estimate of drug-likeness (QED) is 0.843. The Hall–Kier alpha value is -0.610. The van der Waals surface area contributed by atoms with Crippen molar-refractivity contribution in [2.24, 2.45) is 11.8 Å². The van der Waals surface area contributed by atoms with Crippen molar-refractivity contribution >= 4 is 5.91 Å². The molecule has 0 aromatic carbocycles. The Morgan fingerprint density at radius 2 is 1.95 bits per heavy atom. The predicted molar refractivity (Wildman–Crippen MR) is 76.0 cm³/mol. The van der Waals surface area contributed by atoms with Gasteiger partial charge in [0, 0.05) is 19.1 Å². The molecule has 19 heavy (non-hydrogen) atoms. The molecule has 1 saturated heterocycles. The molecule has 2 fully saturated rings. The van der Waals surface area contributed by atoms with Gasteiger partial charge in [0.05, 0.1) is 19.8 Å². The van der Waals surface area contributed by atoms with Gasteiger partial charge in [-0.1, -0.05) is 26.7 Å². The molecule has 0 bridgehead atoms. The molecule has 2 aliphatic rings. The van der Waals surface area contributed by atoms with E-state index in [4.69, 9.17) is 4.74 Å². The molecule has 2 rings (SSSR count). The molecule has 1 aliphatic heterocycles. The molecule has 1 saturated carbocycles. The summed E-state index contributed by atoms with van der Waals surface area (Å²) < 4.78 is 5.28. The fourth-order valence-electron chi connectivity index (χ4n) is 3.35. The van der Waals surface area contributed by atoms with Gasteiger partial charge < -0.3 is 15.0 Å². The predicted octanol–water partition coefficient (Wildman–Crippen LogP) is 1.65. The fraction of sp³-hybridized carbons (Fsp3) is 0.933. The van der Waals surface area contributed by atoms with Crippen molar-refractivity contribution in [2.75, 3.05) is 32.8 Å². The molecule has 0 radical (unpaired) electrons. The Morgan fingerprint density at radius 3 is 2.63 bits per heavy atom. The van der Waals surface area contributed by atoms with Crippen molar-refractivity contribution in [2.45, 2.75) is 45.6 Å². The third-order valence-corrected chi connectivity index (χ3v) is 4.55. The Labute approximate surface area is 116 Å². The molecular formula is C15H28N2O2. The maximum Gasteiger partial charge on any atom is 0.236 e. The first-order valence-corrected chi connectivity index (χ1v) is 7.77. The molecule has 2 atom stereocenters. The van der Waals surface area contributed by atoms with Crippen LogP contribution in [0.3, 0.4) is 0 Å². The number of ether oxygens (including phenoxy) is 1. The highest BCUT2D eigenvalue weighted by Gasteiger charge is 2.28. The van der Waals surface area contributed by atoms with Crippen molar-refractivity contribution in [3.63, 3.8) is 0 Å². The van der Waals surface area contributed by atoms with E-state index >= 15 is 0 Å². The first kappa shape index (κ1) is 14.8. The van der Waals surface area contributed by atoms with Crippen LogP contribution in [0.2, 0.25) is 0 Å². The number of rotatable bonds is 4. The normalized spacial score (nSPS) is 28.7. The van der Waals surface area contributed by atoms with Crippen LogP contribution in [0.5, 0.6) is 0 Å². The molecule has 4 heteroatoms. The molecule has 1 N–H and O–H groups in total. The summed E-state index contributed by atoms with van der Waals surface area (Å²) in [5.41, 5.74) is 0. The minimum Gasteiger partial charge on any atom is -0.378 e. The highest BCUT2D eigenvalue weighted by Crippen LogP contribution is 2.30. The minimum absolute atomic E-state index is 0.233. The lowest BCUT2D eigenvalue weighted by molar-refractivity contribution is -0.134.